The quantitative estimate of drug-likeness (QED) is 0.710. The molecule has 1 aromatic rings. The second kappa shape index (κ2) is 7.07. The van der Waals surface area contributed by atoms with Crippen LogP contribution in [0, 0.1) is 17.8 Å². The van der Waals surface area contributed by atoms with E-state index in [1.807, 2.05) is 24.3 Å². The molecule has 1 aliphatic heterocycles. The molecule has 166 valence electrons. The summed E-state index contributed by atoms with van der Waals surface area (Å²) in [5.74, 6) is 1.97. The van der Waals surface area contributed by atoms with E-state index in [0.29, 0.717) is 5.92 Å². The average molecular weight is 424 g/mol. The zero-order valence-electron chi connectivity index (χ0n) is 18.7. The summed E-state index contributed by atoms with van der Waals surface area (Å²) in [7, 11) is 0. The lowest BCUT2D eigenvalue weighted by Gasteiger charge is -2.56. The molecule has 0 unspecified atom stereocenters. The van der Waals surface area contributed by atoms with Crippen LogP contribution in [-0.4, -0.2) is 34.8 Å². The summed E-state index contributed by atoms with van der Waals surface area (Å²) in [5, 5.41) is 6.08. The van der Waals surface area contributed by atoms with Crippen LogP contribution in [-0.2, 0) is 15.1 Å². The summed E-state index contributed by atoms with van der Waals surface area (Å²) in [6.07, 6.45) is 7.04. The van der Waals surface area contributed by atoms with Gasteiger partial charge in [0.1, 0.15) is 12.1 Å². The topological polar surface area (TPSA) is 78.5 Å². The van der Waals surface area contributed by atoms with Crippen molar-refractivity contribution in [1.82, 2.24) is 15.5 Å². The van der Waals surface area contributed by atoms with Gasteiger partial charge in [0.15, 0.2) is 0 Å². The van der Waals surface area contributed by atoms with Gasteiger partial charge in [-0.3, -0.25) is 14.5 Å². The number of carbonyl (C=O) groups excluding carboxylic acids is 3. The van der Waals surface area contributed by atoms with E-state index in [9.17, 15) is 14.4 Å². The van der Waals surface area contributed by atoms with Crippen molar-refractivity contribution < 1.29 is 14.4 Å². The van der Waals surface area contributed by atoms with Gasteiger partial charge in [-0.2, -0.15) is 0 Å². The molecule has 31 heavy (non-hydrogen) atoms. The zero-order valence-corrected chi connectivity index (χ0v) is 18.7. The number of amides is 4. The second-order valence-electron chi connectivity index (χ2n) is 11.0. The van der Waals surface area contributed by atoms with Crippen LogP contribution in [0.2, 0.25) is 0 Å². The fourth-order valence-corrected chi connectivity index (χ4v) is 6.98. The fourth-order valence-electron chi connectivity index (χ4n) is 6.98. The third kappa shape index (κ3) is 3.44. The van der Waals surface area contributed by atoms with Gasteiger partial charge in [-0.1, -0.05) is 38.1 Å². The largest absolute Gasteiger partial charge is 0.349 e. The zero-order chi connectivity index (χ0) is 22.0. The normalized spacial score (nSPS) is 36.3. The summed E-state index contributed by atoms with van der Waals surface area (Å²) < 4.78 is 0. The van der Waals surface area contributed by atoms with Crippen molar-refractivity contribution in [3.8, 4) is 0 Å². The molecular weight excluding hydrogens is 390 g/mol. The third-order valence-electron chi connectivity index (χ3n) is 8.17. The maximum absolute atomic E-state index is 13.2. The number of nitrogens with one attached hydrogen (secondary N) is 2. The van der Waals surface area contributed by atoms with E-state index in [-0.39, 0.29) is 23.9 Å². The monoisotopic (exact) mass is 423 g/mol. The van der Waals surface area contributed by atoms with Gasteiger partial charge in [0, 0.05) is 5.54 Å². The molecule has 1 aromatic carbocycles. The molecule has 6 rings (SSSR count). The van der Waals surface area contributed by atoms with Crippen molar-refractivity contribution in [3.05, 3.63) is 35.4 Å². The highest BCUT2D eigenvalue weighted by Gasteiger charge is 2.53. The first-order valence-corrected chi connectivity index (χ1v) is 11.7. The highest BCUT2D eigenvalue weighted by Crippen LogP contribution is 2.55. The Hall–Kier alpha value is -2.37. The summed E-state index contributed by atoms with van der Waals surface area (Å²) in [5.41, 5.74) is 0.643. The van der Waals surface area contributed by atoms with Crippen molar-refractivity contribution in [2.45, 2.75) is 76.3 Å². The minimum Gasteiger partial charge on any atom is -0.349 e. The number of hydrogen-bond donors (Lipinski definition) is 2. The molecule has 1 heterocycles. The lowest BCUT2D eigenvalue weighted by atomic mass is 9.53. The minimum atomic E-state index is -1.15. The number of imide groups is 1. The highest BCUT2D eigenvalue weighted by atomic mass is 16.2. The molecule has 5 fully saturated rings. The fraction of sp³-hybridized carbons (Fsp3) is 0.640. The molecular formula is C25H33N3O3. The molecule has 0 aromatic heterocycles. The molecule has 6 nitrogen and oxygen atoms in total. The Morgan fingerprint density at radius 1 is 1.06 bits per heavy atom. The van der Waals surface area contributed by atoms with E-state index in [1.54, 1.807) is 6.92 Å². The number of nitrogens with zero attached hydrogens (tertiary/aromatic N) is 1. The third-order valence-corrected chi connectivity index (χ3v) is 8.17. The molecule has 0 radical (unpaired) electrons. The van der Waals surface area contributed by atoms with Gasteiger partial charge in [-0.25, -0.2) is 4.79 Å². The smallest absolute Gasteiger partial charge is 0.325 e. The molecule has 5 aliphatic rings. The molecule has 1 atom stereocenters. The van der Waals surface area contributed by atoms with Crippen LogP contribution in [0.15, 0.2) is 24.3 Å². The van der Waals surface area contributed by atoms with Crippen LogP contribution >= 0.6 is 0 Å². The van der Waals surface area contributed by atoms with Crippen LogP contribution < -0.4 is 10.6 Å². The summed E-state index contributed by atoms with van der Waals surface area (Å²) >= 11 is 0. The first kappa shape index (κ1) is 20.5. The predicted octanol–water partition coefficient (Wildman–Crippen LogP) is 3.66. The Kier molecular flexibility index (Phi) is 4.68. The predicted molar refractivity (Wildman–Crippen MR) is 117 cm³/mol. The molecule has 4 amide bonds. The lowest BCUT2D eigenvalue weighted by molar-refractivity contribution is -0.136. The van der Waals surface area contributed by atoms with Gasteiger partial charge >= 0.3 is 6.03 Å². The van der Waals surface area contributed by atoms with E-state index in [4.69, 9.17) is 0 Å². The maximum Gasteiger partial charge on any atom is 0.325 e. The Labute approximate surface area is 184 Å². The Morgan fingerprint density at radius 3 is 2.13 bits per heavy atom. The van der Waals surface area contributed by atoms with Crippen LogP contribution in [0.5, 0.6) is 0 Å². The standard InChI is InChI=1S/C25H33N3O3/c1-15(2)19-4-6-20(7-5-19)24(3)22(30)28(23(31)27-24)14-21(29)26-25-11-16-8-17(12-25)10-18(9-16)13-25/h4-7,15-18H,8-14H2,1-3H3,(H,26,29)(H,27,31)/t16?,17?,18?,24-,25?/m0/s1. The van der Waals surface area contributed by atoms with Crippen molar-refractivity contribution >= 4 is 17.8 Å². The van der Waals surface area contributed by atoms with Gasteiger partial charge in [0.25, 0.3) is 5.91 Å². The van der Waals surface area contributed by atoms with Crippen LogP contribution in [0.25, 0.3) is 0 Å². The van der Waals surface area contributed by atoms with E-state index in [1.165, 1.54) is 24.8 Å². The first-order valence-electron chi connectivity index (χ1n) is 11.7. The Morgan fingerprint density at radius 2 is 1.61 bits per heavy atom. The number of rotatable bonds is 5. The van der Waals surface area contributed by atoms with Crippen molar-refractivity contribution in [1.29, 1.82) is 0 Å². The van der Waals surface area contributed by atoms with Gasteiger partial charge in [-0.05, 0) is 80.2 Å². The van der Waals surface area contributed by atoms with E-state index < -0.39 is 11.6 Å². The van der Waals surface area contributed by atoms with E-state index >= 15 is 0 Å². The summed E-state index contributed by atoms with van der Waals surface area (Å²) in [6.45, 7) is 5.73. The number of hydrogen-bond acceptors (Lipinski definition) is 3. The SMILES string of the molecule is CC(C)c1ccc([C@]2(C)NC(=O)N(CC(=O)NC34CC5CC(CC(C5)C3)C4)C2=O)cc1. The Balaban J connectivity index is 1.28. The van der Waals surface area contributed by atoms with Gasteiger partial charge in [0.2, 0.25) is 5.91 Å². The molecule has 6 heteroatoms. The molecule has 4 aliphatic carbocycles. The van der Waals surface area contributed by atoms with Crippen molar-refractivity contribution in [3.63, 3.8) is 0 Å². The van der Waals surface area contributed by atoms with Gasteiger partial charge in [0.05, 0.1) is 0 Å². The Bertz CT molecular complexity index is 887. The van der Waals surface area contributed by atoms with Crippen LogP contribution in [0.3, 0.4) is 0 Å². The maximum atomic E-state index is 13.2. The number of urea groups is 1. The van der Waals surface area contributed by atoms with Crippen LogP contribution in [0.4, 0.5) is 4.79 Å². The summed E-state index contributed by atoms with van der Waals surface area (Å²) in [4.78, 5) is 39.9. The minimum absolute atomic E-state index is 0.124. The van der Waals surface area contributed by atoms with Crippen molar-refractivity contribution in [2.75, 3.05) is 6.54 Å². The van der Waals surface area contributed by atoms with Gasteiger partial charge < -0.3 is 10.6 Å². The summed E-state index contributed by atoms with van der Waals surface area (Å²) in [6, 6.07) is 7.28. The van der Waals surface area contributed by atoms with Crippen molar-refractivity contribution in [2.24, 2.45) is 17.8 Å². The molecule has 1 saturated heterocycles. The molecule has 2 N–H and O–H groups in total. The molecule has 4 bridgehead atoms. The van der Waals surface area contributed by atoms with E-state index in [0.717, 1.165) is 47.5 Å². The number of benzene rings is 1. The highest BCUT2D eigenvalue weighted by molar-refractivity contribution is 6.09. The van der Waals surface area contributed by atoms with Gasteiger partial charge in [-0.15, -0.1) is 0 Å². The lowest BCUT2D eigenvalue weighted by Crippen LogP contribution is -2.61. The molecule has 4 saturated carbocycles. The second-order valence-corrected chi connectivity index (χ2v) is 11.0. The average Bonchev–Trinajstić information content (AvgIpc) is 2.90. The molecule has 0 spiro atoms. The van der Waals surface area contributed by atoms with E-state index in [2.05, 4.69) is 24.5 Å². The number of carbonyl (C=O) groups is 3. The van der Waals surface area contributed by atoms with Crippen LogP contribution in [0.1, 0.15) is 76.3 Å². The first-order chi connectivity index (χ1) is 14.7.